The molecule has 1 aliphatic rings. The van der Waals surface area contributed by atoms with E-state index >= 15 is 0 Å². The molecule has 2 rings (SSSR count). The molecule has 0 fully saturated rings. The Morgan fingerprint density at radius 1 is 1.12 bits per heavy atom. The Morgan fingerprint density at radius 3 is 2.46 bits per heavy atom. The molecule has 0 aliphatic heterocycles. The molecule has 0 N–H and O–H groups in total. The molecule has 24 heavy (non-hydrogen) atoms. The summed E-state index contributed by atoms with van der Waals surface area (Å²) in [5.74, 6) is 0.672. The van der Waals surface area contributed by atoms with Gasteiger partial charge in [0.1, 0.15) is 0 Å². The number of aromatic nitrogens is 1. The highest BCUT2D eigenvalue weighted by Gasteiger charge is 2.32. The highest BCUT2D eigenvalue weighted by atomic mass is 16.5. The standard InChI is InChI=1S/C20H31NO3/c1-5-6-7-8-9-10-11-15-12-13-16(22)18-17(15)19(23)20(24-4)14(2)21(18)3/h15H,5-13H2,1-4H3. The first-order valence-electron chi connectivity index (χ1n) is 9.33. The lowest BCUT2D eigenvalue weighted by Crippen LogP contribution is -2.30. The minimum Gasteiger partial charge on any atom is -0.491 e. The Bertz CT molecular complexity index is 645. The number of methoxy groups -OCH3 is 1. The topological polar surface area (TPSA) is 48.3 Å². The maximum atomic E-state index is 12.9. The molecule has 4 heteroatoms. The van der Waals surface area contributed by atoms with E-state index in [1.54, 1.807) is 0 Å². The van der Waals surface area contributed by atoms with Crippen LogP contribution < -0.4 is 10.2 Å². The van der Waals surface area contributed by atoms with Gasteiger partial charge in [-0.05, 0) is 25.7 Å². The first-order valence-corrected chi connectivity index (χ1v) is 9.33. The summed E-state index contributed by atoms with van der Waals surface area (Å²) in [6.07, 6.45) is 9.80. The molecule has 1 heterocycles. The largest absolute Gasteiger partial charge is 0.491 e. The lowest BCUT2D eigenvalue weighted by Gasteiger charge is -2.27. The van der Waals surface area contributed by atoms with Crippen LogP contribution in [-0.4, -0.2) is 17.5 Å². The highest BCUT2D eigenvalue weighted by molar-refractivity contribution is 5.97. The number of fused-ring (bicyclic) bond motifs is 1. The number of hydrogen-bond acceptors (Lipinski definition) is 3. The van der Waals surface area contributed by atoms with Crippen molar-refractivity contribution in [3.05, 3.63) is 27.2 Å². The van der Waals surface area contributed by atoms with Gasteiger partial charge in [-0.2, -0.15) is 0 Å². The van der Waals surface area contributed by atoms with Crippen LogP contribution in [0, 0.1) is 6.92 Å². The molecule has 0 aromatic carbocycles. The number of carbonyl (C=O) groups excluding carboxylic acids is 1. The zero-order chi connectivity index (χ0) is 17.7. The van der Waals surface area contributed by atoms with Crippen LogP contribution in [0.4, 0.5) is 0 Å². The van der Waals surface area contributed by atoms with Crippen molar-refractivity contribution in [2.24, 2.45) is 7.05 Å². The zero-order valence-corrected chi connectivity index (χ0v) is 15.6. The van der Waals surface area contributed by atoms with E-state index in [-0.39, 0.29) is 17.1 Å². The Balaban J connectivity index is 2.21. The van der Waals surface area contributed by atoms with Crippen LogP contribution >= 0.6 is 0 Å². The predicted molar refractivity (Wildman–Crippen MR) is 97.3 cm³/mol. The third-order valence-electron chi connectivity index (χ3n) is 5.38. The summed E-state index contributed by atoms with van der Waals surface area (Å²) in [7, 11) is 3.39. The van der Waals surface area contributed by atoms with Crippen molar-refractivity contribution in [3.63, 3.8) is 0 Å². The second-order valence-electron chi connectivity index (χ2n) is 6.98. The van der Waals surface area contributed by atoms with Gasteiger partial charge in [-0.1, -0.05) is 45.4 Å². The summed E-state index contributed by atoms with van der Waals surface area (Å²) in [6, 6.07) is 0. The smallest absolute Gasteiger partial charge is 0.227 e. The third kappa shape index (κ3) is 3.73. The van der Waals surface area contributed by atoms with Gasteiger partial charge in [-0.3, -0.25) is 9.59 Å². The predicted octanol–water partition coefficient (Wildman–Crippen LogP) is 4.51. The summed E-state index contributed by atoms with van der Waals surface area (Å²) in [5.41, 5.74) is 1.97. The molecule has 0 spiro atoms. The Labute approximate surface area is 145 Å². The summed E-state index contributed by atoms with van der Waals surface area (Å²) in [5, 5.41) is 0. The lowest BCUT2D eigenvalue weighted by atomic mass is 9.81. The zero-order valence-electron chi connectivity index (χ0n) is 15.6. The summed E-state index contributed by atoms with van der Waals surface area (Å²) >= 11 is 0. The SMILES string of the molecule is CCCCCCCCC1CCC(=O)c2c1c(=O)c(OC)c(C)n2C. The van der Waals surface area contributed by atoms with Crippen LogP contribution in [0.5, 0.6) is 5.75 Å². The van der Waals surface area contributed by atoms with E-state index in [0.29, 0.717) is 23.4 Å². The van der Waals surface area contributed by atoms with Gasteiger partial charge in [0.15, 0.2) is 11.5 Å². The number of ketones is 1. The van der Waals surface area contributed by atoms with Crippen molar-refractivity contribution < 1.29 is 9.53 Å². The van der Waals surface area contributed by atoms with Crippen molar-refractivity contribution >= 4 is 5.78 Å². The first-order chi connectivity index (χ1) is 11.5. The van der Waals surface area contributed by atoms with Crippen molar-refractivity contribution in [3.8, 4) is 5.75 Å². The Morgan fingerprint density at radius 2 is 1.79 bits per heavy atom. The van der Waals surface area contributed by atoms with Gasteiger partial charge in [0.05, 0.1) is 18.5 Å². The van der Waals surface area contributed by atoms with Crippen LogP contribution in [0.2, 0.25) is 0 Å². The molecule has 1 aromatic heterocycles. The molecule has 0 bridgehead atoms. The first kappa shape index (κ1) is 18.8. The van der Waals surface area contributed by atoms with Crippen LogP contribution in [0.3, 0.4) is 0 Å². The number of rotatable bonds is 8. The van der Waals surface area contributed by atoms with E-state index in [2.05, 4.69) is 6.92 Å². The van der Waals surface area contributed by atoms with Gasteiger partial charge >= 0.3 is 0 Å². The number of nitrogens with zero attached hydrogens (tertiary/aromatic N) is 1. The molecule has 0 saturated carbocycles. The molecule has 0 amide bonds. The number of pyridine rings is 1. The van der Waals surface area contributed by atoms with E-state index in [4.69, 9.17) is 4.74 Å². The second-order valence-corrected chi connectivity index (χ2v) is 6.98. The lowest BCUT2D eigenvalue weighted by molar-refractivity contribution is 0.0954. The maximum Gasteiger partial charge on any atom is 0.227 e. The molecular formula is C20H31NO3. The van der Waals surface area contributed by atoms with Gasteiger partial charge in [-0.25, -0.2) is 0 Å². The molecular weight excluding hydrogens is 302 g/mol. The van der Waals surface area contributed by atoms with Gasteiger partial charge in [-0.15, -0.1) is 0 Å². The fourth-order valence-corrected chi connectivity index (χ4v) is 3.88. The van der Waals surface area contributed by atoms with Crippen molar-refractivity contribution in [1.29, 1.82) is 0 Å². The average Bonchev–Trinajstić information content (AvgIpc) is 2.57. The van der Waals surface area contributed by atoms with Crippen LogP contribution in [0.15, 0.2) is 4.79 Å². The molecule has 1 aromatic rings. The summed E-state index contributed by atoms with van der Waals surface area (Å²) < 4.78 is 7.18. The van der Waals surface area contributed by atoms with Gasteiger partial charge < -0.3 is 9.30 Å². The highest BCUT2D eigenvalue weighted by Crippen LogP contribution is 2.35. The maximum absolute atomic E-state index is 12.9. The Hall–Kier alpha value is -1.58. The monoisotopic (exact) mass is 333 g/mol. The second kappa shape index (κ2) is 8.50. The minimum absolute atomic E-state index is 0.0767. The molecule has 0 radical (unpaired) electrons. The number of ether oxygens (including phenoxy) is 1. The number of unbranched alkanes of at least 4 members (excludes halogenated alkanes) is 5. The minimum atomic E-state index is -0.0767. The van der Waals surface area contributed by atoms with E-state index in [1.165, 1.54) is 39.2 Å². The molecule has 134 valence electrons. The molecule has 0 saturated heterocycles. The quantitative estimate of drug-likeness (QED) is 0.658. The van der Waals surface area contributed by atoms with E-state index < -0.39 is 0 Å². The van der Waals surface area contributed by atoms with Gasteiger partial charge in [0.2, 0.25) is 5.43 Å². The fraction of sp³-hybridized carbons (Fsp3) is 0.700. The van der Waals surface area contributed by atoms with Crippen molar-refractivity contribution in [2.75, 3.05) is 7.11 Å². The van der Waals surface area contributed by atoms with Gasteiger partial charge in [0.25, 0.3) is 0 Å². The molecule has 1 atom stereocenters. The van der Waals surface area contributed by atoms with Crippen LogP contribution in [-0.2, 0) is 7.05 Å². The Kier molecular flexibility index (Phi) is 6.64. The van der Waals surface area contributed by atoms with Crippen LogP contribution in [0.1, 0.15) is 92.4 Å². The fourth-order valence-electron chi connectivity index (χ4n) is 3.88. The molecule has 1 unspecified atom stereocenters. The van der Waals surface area contributed by atoms with Crippen LogP contribution in [0.25, 0.3) is 0 Å². The number of hydrogen-bond donors (Lipinski definition) is 0. The summed E-state index contributed by atoms with van der Waals surface area (Å²) in [6.45, 7) is 4.06. The van der Waals surface area contributed by atoms with Crippen molar-refractivity contribution in [2.45, 2.75) is 77.6 Å². The van der Waals surface area contributed by atoms with Crippen molar-refractivity contribution in [1.82, 2.24) is 4.57 Å². The van der Waals surface area contributed by atoms with Gasteiger partial charge in [0, 0.05) is 19.0 Å². The molecule has 4 nitrogen and oxygen atoms in total. The number of Topliss-reactive ketones (excluding diaryl/α,β-unsaturated/α-hetero) is 1. The van der Waals surface area contributed by atoms with E-state index in [0.717, 1.165) is 25.0 Å². The molecule has 1 aliphatic carbocycles. The summed E-state index contributed by atoms with van der Waals surface area (Å²) in [4.78, 5) is 25.3. The third-order valence-corrected chi connectivity index (χ3v) is 5.38. The normalized spacial score (nSPS) is 17.0. The average molecular weight is 333 g/mol. The number of carbonyl (C=O) groups is 1. The van der Waals surface area contributed by atoms with E-state index in [9.17, 15) is 9.59 Å². The van der Waals surface area contributed by atoms with E-state index in [1.807, 2.05) is 18.5 Å².